The average Bonchev–Trinajstić information content (AvgIpc) is 3.38. The number of hydrogen-bond acceptors (Lipinski definition) is 12. The average molecular weight is 618 g/mol. The molecule has 0 radical (unpaired) electrons. The maximum atomic E-state index is 11.0. The second kappa shape index (κ2) is 14.3. The molecule has 0 unspecified atom stereocenters. The van der Waals surface area contributed by atoms with Gasteiger partial charge in [-0.25, -0.2) is 5.84 Å². The Morgan fingerprint density at radius 3 is 2.13 bits per heavy atom. The molecule has 202 valence electrons. The van der Waals surface area contributed by atoms with Crippen LogP contribution in [0.15, 0.2) is 77.3 Å². The van der Waals surface area contributed by atoms with E-state index in [4.69, 9.17) is 15.3 Å². The van der Waals surface area contributed by atoms with Gasteiger partial charge in [0.25, 0.3) is 5.91 Å². The van der Waals surface area contributed by atoms with Gasteiger partial charge in [-0.3, -0.25) is 30.4 Å². The third-order valence-corrected chi connectivity index (χ3v) is 5.84. The Labute approximate surface area is 233 Å². The van der Waals surface area contributed by atoms with Crippen LogP contribution in [0.1, 0.15) is 5.01 Å². The number of carbonyl (C=O) groups is 1. The minimum Gasteiger partial charge on any atom is -0.479 e. The Morgan fingerprint density at radius 2 is 1.54 bits per heavy atom. The second-order valence-corrected chi connectivity index (χ2v) is 9.21. The van der Waals surface area contributed by atoms with Gasteiger partial charge in [0.05, 0.1) is 9.85 Å². The van der Waals surface area contributed by atoms with E-state index in [0.29, 0.717) is 10.1 Å². The first-order chi connectivity index (χ1) is 18.8. The highest BCUT2D eigenvalue weighted by atomic mass is 79.9. The molecule has 0 spiro atoms. The van der Waals surface area contributed by atoms with Crippen LogP contribution in [-0.2, 0) is 11.4 Å². The zero-order valence-electron chi connectivity index (χ0n) is 19.9. The van der Waals surface area contributed by atoms with E-state index in [1.807, 2.05) is 29.7 Å². The van der Waals surface area contributed by atoms with Crippen LogP contribution in [-0.4, -0.2) is 32.6 Å². The minimum atomic E-state index is -0.588. The van der Waals surface area contributed by atoms with E-state index in [-0.39, 0.29) is 36.1 Å². The number of hydrazine groups is 1. The predicted molar refractivity (Wildman–Crippen MR) is 146 cm³/mol. The van der Waals surface area contributed by atoms with Crippen molar-refractivity contribution in [3.63, 3.8) is 0 Å². The maximum absolute atomic E-state index is 11.0. The monoisotopic (exact) mass is 617 g/mol. The number of hydrogen-bond donors (Lipinski definition) is 3. The van der Waals surface area contributed by atoms with Crippen molar-refractivity contribution in [3.8, 4) is 11.5 Å². The van der Waals surface area contributed by atoms with Gasteiger partial charge in [0, 0.05) is 22.3 Å². The molecule has 4 aromatic rings. The third-order valence-electron chi connectivity index (χ3n) is 4.54. The number of anilines is 2. The summed E-state index contributed by atoms with van der Waals surface area (Å²) in [5.74, 6) is 4.50. The van der Waals surface area contributed by atoms with Crippen molar-refractivity contribution >= 4 is 55.4 Å². The Balaban J connectivity index is 0.000000242. The number of halogens is 1. The highest BCUT2D eigenvalue weighted by Gasteiger charge is 2.15. The van der Waals surface area contributed by atoms with E-state index in [1.165, 1.54) is 35.6 Å². The van der Waals surface area contributed by atoms with Crippen molar-refractivity contribution in [3.05, 3.63) is 103 Å². The number of amides is 1. The van der Waals surface area contributed by atoms with Gasteiger partial charge >= 0.3 is 11.4 Å². The lowest BCUT2D eigenvalue weighted by Gasteiger charge is -2.04. The molecule has 0 aliphatic carbocycles. The van der Waals surface area contributed by atoms with Gasteiger partial charge in [-0.15, -0.1) is 10.2 Å². The third kappa shape index (κ3) is 8.99. The topological polar surface area (TPSA) is 198 Å². The van der Waals surface area contributed by atoms with Gasteiger partial charge in [0.2, 0.25) is 5.13 Å². The number of para-hydroxylation sites is 4. The number of aromatic nitrogens is 2. The zero-order chi connectivity index (χ0) is 28.2. The number of ether oxygens (including phenoxy) is 2. The Hall–Kier alpha value is -4.67. The summed E-state index contributed by atoms with van der Waals surface area (Å²) >= 11 is 4.73. The maximum Gasteiger partial charge on any atom is 0.310 e. The second-order valence-electron chi connectivity index (χ2n) is 7.23. The molecule has 4 rings (SSSR count). The van der Waals surface area contributed by atoms with Gasteiger partial charge < -0.3 is 14.8 Å². The van der Waals surface area contributed by atoms with Gasteiger partial charge in [0.1, 0.15) is 6.61 Å². The molecule has 3 aromatic carbocycles. The van der Waals surface area contributed by atoms with Crippen molar-refractivity contribution in [2.75, 3.05) is 11.9 Å². The fourth-order valence-electron chi connectivity index (χ4n) is 2.84. The number of carbonyl (C=O) groups excluding carboxylic acids is 1. The summed E-state index contributed by atoms with van der Waals surface area (Å²) in [5.41, 5.74) is 2.46. The molecule has 1 heterocycles. The van der Waals surface area contributed by atoms with E-state index in [1.54, 1.807) is 24.3 Å². The molecular formula is C23H20BrN7O7S. The number of rotatable bonds is 10. The van der Waals surface area contributed by atoms with E-state index < -0.39 is 15.8 Å². The number of nitro benzene ring substituents is 2. The van der Waals surface area contributed by atoms with Crippen LogP contribution >= 0.6 is 27.3 Å². The van der Waals surface area contributed by atoms with Gasteiger partial charge in [-0.2, -0.15) is 0 Å². The van der Waals surface area contributed by atoms with Crippen molar-refractivity contribution in [2.45, 2.75) is 6.61 Å². The van der Waals surface area contributed by atoms with Gasteiger partial charge in [-0.1, -0.05) is 57.6 Å². The molecule has 1 amide bonds. The van der Waals surface area contributed by atoms with E-state index in [2.05, 4.69) is 31.4 Å². The van der Waals surface area contributed by atoms with Crippen LogP contribution in [0.4, 0.5) is 22.2 Å². The van der Waals surface area contributed by atoms with Crippen molar-refractivity contribution < 1.29 is 24.1 Å². The summed E-state index contributed by atoms with van der Waals surface area (Å²) in [4.78, 5) is 31.2. The highest BCUT2D eigenvalue weighted by Crippen LogP contribution is 2.28. The normalized spacial score (nSPS) is 10.0. The van der Waals surface area contributed by atoms with Crippen LogP contribution in [0, 0.1) is 20.2 Å². The quantitative estimate of drug-likeness (QED) is 0.0979. The molecule has 0 saturated heterocycles. The lowest BCUT2D eigenvalue weighted by molar-refractivity contribution is -0.386. The number of nitrogens with zero attached hydrogens (tertiary/aromatic N) is 4. The molecule has 0 saturated carbocycles. The zero-order valence-corrected chi connectivity index (χ0v) is 22.3. The van der Waals surface area contributed by atoms with Crippen LogP contribution in [0.25, 0.3) is 0 Å². The molecule has 0 fully saturated rings. The molecule has 39 heavy (non-hydrogen) atoms. The molecule has 4 N–H and O–H groups in total. The van der Waals surface area contributed by atoms with Gasteiger partial charge in [0.15, 0.2) is 23.1 Å². The van der Waals surface area contributed by atoms with Crippen molar-refractivity contribution in [1.82, 2.24) is 15.6 Å². The van der Waals surface area contributed by atoms with E-state index >= 15 is 0 Å². The van der Waals surface area contributed by atoms with E-state index in [9.17, 15) is 25.0 Å². The van der Waals surface area contributed by atoms with Gasteiger partial charge in [-0.05, 0) is 30.3 Å². The molecule has 0 aliphatic heterocycles. The summed E-state index contributed by atoms with van der Waals surface area (Å²) in [6, 6.07) is 19.7. The van der Waals surface area contributed by atoms with Crippen LogP contribution in [0.3, 0.4) is 0 Å². The minimum absolute atomic E-state index is 0.0334. The Morgan fingerprint density at radius 1 is 0.923 bits per heavy atom. The Bertz CT molecular complexity index is 1450. The molecular weight excluding hydrogens is 598 g/mol. The van der Waals surface area contributed by atoms with Crippen molar-refractivity contribution in [1.29, 1.82) is 0 Å². The summed E-state index contributed by atoms with van der Waals surface area (Å²) in [7, 11) is 0. The summed E-state index contributed by atoms with van der Waals surface area (Å²) in [6.07, 6.45) is 0. The molecule has 1 aromatic heterocycles. The molecule has 14 nitrogen and oxygen atoms in total. The number of nitrogens with two attached hydrogens (primary N) is 1. The predicted octanol–water partition coefficient (Wildman–Crippen LogP) is 4.49. The van der Waals surface area contributed by atoms with Crippen LogP contribution in [0.5, 0.6) is 11.5 Å². The highest BCUT2D eigenvalue weighted by molar-refractivity contribution is 9.10. The number of benzene rings is 3. The number of nitro groups is 2. The van der Waals surface area contributed by atoms with Crippen LogP contribution < -0.4 is 26.1 Å². The summed E-state index contributed by atoms with van der Waals surface area (Å²) in [6.45, 7) is -0.246. The standard InChI is InChI=1S/C15H11BrN4O3S.C8H9N3O4/c16-10-4-3-5-11(8-10)17-15-19-18-14(24-15)9-23-13-7-2-1-6-12(13)20(21)22;9-10-8(12)5-15-7-4-2-1-3-6(7)11(13)14/h1-8H,9H2,(H,17,19);1-4H,5,9H2,(H,10,12). The Kier molecular flexibility index (Phi) is 10.6. The first kappa shape index (κ1) is 28.9. The van der Waals surface area contributed by atoms with Crippen molar-refractivity contribution in [2.24, 2.45) is 5.84 Å². The molecule has 16 heteroatoms. The largest absolute Gasteiger partial charge is 0.479 e. The molecule has 0 aliphatic rings. The molecule has 0 atom stereocenters. The fraction of sp³-hybridized carbons (Fsp3) is 0.0870. The SMILES string of the molecule is NNC(=O)COc1ccccc1[N+](=O)[O-].O=[N+]([O-])c1ccccc1OCc1nnc(Nc2cccc(Br)c2)s1. The number of nitrogens with one attached hydrogen (secondary N) is 2. The summed E-state index contributed by atoms with van der Waals surface area (Å²) < 4.78 is 11.4. The fourth-order valence-corrected chi connectivity index (χ4v) is 3.91. The lowest BCUT2D eigenvalue weighted by atomic mass is 10.3. The van der Waals surface area contributed by atoms with E-state index in [0.717, 1.165) is 10.2 Å². The lowest BCUT2D eigenvalue weighted by Crippen LogP contribution is -2.34. The van der Waals surface area contributed by atoms with Crippen LogP contribution in [0.2, 0.25) is 0 Å². The first-order valence-electron chi connectivity index (χ1n) is 10.8. The summed E-state index contributed by atoms with van der Waals surface area (Å²) in [5, 5.41) is 33.9. The first-order valence-corrected chi connectivity index (χ1v) is 12.4. The molecule has 0 bridgehead atoms. The smallest absolute Gasteiger partial charge is 0.310 e.